The van der Waals surface area contributed by atoms with Crippen molar-refractivity contribution in [1.82, 2.24) is 4.98 Å². The van der Waals surface area contributed by atoms with E-state index in [4.69, 9.17) is 15.6 Å². The molecule has 138 valence electrons. The topological polar surface area (TPSA) is 97.5 Å². The first-order valence-corrected chi connectivity index (χ1v) is 8.49. The summed E-state index contributed by atoms with van der Waals surface area (Å²) in [6.45, 7) is 1.50. The van der Waals surface area contributed by atoms with Gasteiger partial charge in [0.1, 0.15) is 22.9 Å². The number of carboxylic acid groups (broad SMARTS) is 1. The largest absolute Gasteiger partial charge is 0.480 e. The minimum Gasteiger partial charge on any atom is -0.480 e. The summed E-state index contributed by atoms with van der Waals surface area (Å²) in [6, 6.07) is 20.4. The van der Waals surface area contributed by atoms with Crippen molar-refractivity contribution < 1.29 is 14.6 Å². The minimum absolute atomic E-state index is 0.247. The Bertz CT molecular complexity index is 892. The fourth-order valence-electron chi connectivity index (χ4n) is 2.50. The van der Waals surface area contributed by atoms with Crippen LogP contribution in [0.25, 0.3) is 0 Å². The van der Waals surface area contributed by atoms with Gasteiger partial charge in [-0.15, -0.1) is 0 Å². The minimum atomic E-state index is -1.29. The van der Waals surface area contributed by atoms with Crippen molar-refractivity contribution in [1.29, 1.82) is 0 Å². The first-order chi connectivity index (χ1) is 12.9. The van der Waals surface area contributed by atoms with Crippen molar-refractivity contribution >= 4 is 17.5 Å². The fourth-order valence-corrected chi connectivity index (χ4v) is 2.50. The first-order valence-electron chi connectivity index (χ1n) is 8.49. The molecule has 1 atom stereocenters. The molecule has 6 nitrogen and oxygen atoms in total. The van der Waals surface area contributed by atoms with Crippen LogP contribution in [0.2, 0.25) is 0 Å². The normalized spacial score (nSPS) is 12.8. The molecule has 0 aliphatic rings. The van der Waals surface area contributed by atoms with Gasteiger partial charge in [0.15, 0.2) is 0 Å². The standard InChI is InChI=1S/C21H21N3O3/c1-21(22,20(25)26)14-15-5-9-17(10-6-15)27-18-11-7-16(8-12-18)24-19-4-2-3-13-23-19/h2-13H,14,22H2,1H3,(H,23,24)(H,25,26). The molecular weight excluding hydrogens is 342 g/mol. The maximum atomic E-state index is 11.1. The molecule has 1 aromatic heterocycles. The highest BCUT2D eigenvalue weighted by Gasteiger charge is 2.27. The van der Waals surface area contributed by atoms with Crippen molar-refractivity contribution in [3.05, 3.63) is 78.5 Å². The van der Waals surface area contributed by atoms with Crippen LogP contribution >= 0.6 is 0 Å². The van der Waals surface area contributed by atoms with Gasteiger partial charge in [0.25, 0.3) is 0 Å². The van der Waals surface area contributed by atoms with E-state index in [1.807, 2.05) is 54.6 Å². The molecule has 27 heavy (non-hydrogen) atoms. The summed E-state index contributed by atoms with van der Waals surface area (Å²) in [4.78, 5) is 15.3. The second-order valence-corrected chi connectivity index (χ2v) is 6.51. The fraction of sp³-hybridized carbons (Fsp3) is 0.143. The van der Waals surface area contributed by atoms with E-state index in [0.717, 1.165) is 17.1 Å². The Balaban J connectivity index is 1.61. The molecule has 0 aliphatic heterocycles. The summed E-state index contributed by atoms with van der Waals surface area (Å²) in [5, 5.41) is 12.3. The third kappa shape index (κ3) is 5.05. The monoisotopic (exact) mass is 363 g/mol. The van der Waals surface area contributed by atoms with Gasteiger partial charge in [0.2, 0.25) is 0 Å². The van der Waals surface area contributed by atoms with Crippen molar-refractivity contribution in [3.63, 3.8) is 0 Å². The van der Waals surface area contributed by atoms with Crippen molar-refractivity contribution in [2.45, 2.75) is 18.9 Å². The van der Waals surface area contributed by atoms with Crippen LogP contribution in [0.3, 0.4) is 0 Å². The molecule has 4 N–H and O–H groups in total. The summed E-state index contributed by atoms with van der Waals surface area (Å²) in [7, 11) is 0. The Hall–Kier alpha value is -3.38. The summed E-state index contributed by atoms with van der Waals surface area (Å²) in [6.07, 6.45) is 1.98. The van der Waals surface area contributed by atoms with Crippen LogP contribution < -0.4 is 15.8 Å². The number of carboxylic acids is 1. The summed E-state index contributed by atoms with van der Waals surface area (Å²) >= 11 is 0. The number of carbonyl (C=O) groups is 1. The maximum Gasteiger partial charge on any atom is 0.323 e. The Morgan fingerprint density at radius 3 is 2.26 bits per heavy atom. The number of nitrogens with zero attached hydrogens (tertiary/aromatic N) is 1. The molecule has 0 spiro atoms. The van der Waals surface area contributed by atoms with Gasteiger partial charge >= 0.3 is 5.97 Å². The van der Waals surface area contributed by atoms with Crippen LogP contribution in [0.5, 0.6) is 11.5 Å². The molecule has 0 bridgehead atoms. The number of hydrogen-bond donors (Lipinski definition) is 3. The molecule has 1 heterocycles. The zero-order chi connectivity index (χ0) is 19.3. The summed E-state index contributed by atoms with van der Waals surface area (Å²) in [5.41, 5.74) is 6.24. The quantitative estimate of drug-likeness (QED) is 0.588. The Morgan fingerprint density at radius 1 is 1.07 bits per heavy atom. The molecule has 0 radical (unpaired) electrons. The predicted molar refractivity (Wildman–Crippen MR) is 104 cm³/mol. The predicted octanol–water partition coefficient (Wildman–Crippen LogP) is 3.96. The van der Waals surface area contributed by atoms with E-state index in [2.05, 4.69) is 10.3 Å². The lowest BCUT2D eigenvalue weighted by atomic mass is 9.94. The third-order valence-electron chi connectivity index (χ3n) is 4.01. The lowest BCUT2D eigenvalue weighted by Gasteiger charge is -2.19. The van der Waals surface area contributed by atoms with Crippen LogP contribution in [-0.4, -0.2) is 21.6 Å². The van der Waals surface area contributed by atoms with Gasteiger partial charge in [0, 0.05) is 18.3 Å². The van der Waals surface area contributed by atoms with Crippen LogP contribution in [0, 0.1) is 0 Å². The van der Waals surface area contributed by atoms with Gasteiger partial charge in [-0.2, -0.15) is 0 Å². The molecule has 0 saturated carbocycles. The van der Waals surface area contributed by atoms with Crippen molar-refractivity contribution in [3.8, 4) is 11.5 Å². The average molecular weight is 363 g/mol. The number of aromatic nitrogens is 1. The van der Waals surface area contributed by atoms with E-state index in [1.165, 1.54) is 6.92 Å². The molecule has 0 aliphatic carbocycles. The second kappa shape index (κ2) is 7.88. The van der Waals surface area contributed by atoms with Crippen LogP contribution in [0.1, 0.15) is 12.5 Å². The molecular formula is C21H21N3O3. The number of rotatable bonds is 7. The summed E-state index contributed by atoms with van der Waals surface area (Å²) in [5.74, 6) is 1.11. The Labute approximate surface area is 157 Å². The van der Waals surface area contributed by atoms with Crippen LogP contribution in [0.15, 0.2) is 72.9 Å². The van der Waals surface area contributed by atoms with Crippen molar-refractivity contribution in [2.75, 3.05) is 5.32 Å². The number of ether oxygens (including phenoxy) is 1. The third-order valence-corrected chi connectivity index (χ3v) is 4.01. The van der Waals surface area contributed by atoms with E-state index in [0.29, 0.717) is 11.5 Å². The number of hydrogen-bond acceptors (Lipinski definition) is 5. The molecule has 0 saturated heterocycles. The number of anilines is 2. The highest BCUT2D eigenvalue weighted by Crippen LogP contribution is 2.25. The Morgan fingerprint density at radius 2 is 1.70 bits per heavy atom. The van der Waals surface area contributed by atoms with E-state index in [9.17, 15) is 4.79 Å². The number of nitrogens with one attached hydrogen (secondary N) is 1. The average Bonchev–Trinajstić information content (AvgIpc) is 2.65. The van der Waals surface area contributed by atoms with E-state index in [1.54, 1.807) is 18.3 Å². The molecule has 3 aromatic rings. The second-order valence-electron chi connectivity index (χ2n) is 6.51. The molecule has 0 amide bonds. The van der Waals surface area contributed by atoms with Gasteiger partial charge < -0.3 is 20.9 Å². The molecule has 0 fully saturated rings. The van der Waals surface area contributed by atoms with E-state index < -0.39 is 11.5 Å². The SMILES string of the molecule is CC(N)(Cc1ccc(Oc2ccc(Nc3ccccn3)cc2)cc1)C(=O)O. The van der Waals surface area contributed by atoms with Gasteiger partial charge in [0.05, 0.1) is 0 Å². The number of pyridine rings is 1. The summed E-state index contributed by atoms with van der Waals surface area (Å²) < 4.78 is 5.83. The van der Waals surface area contributed by atoms with Gasteiger partial charge in [-0.3, -0.25) is 4.79 Å². The van der Waals surface area contributed by atoms with Crippen LogP contribution in [0.4, 0.5) is 11.5 Å². The molecule has 2 aromatic carbocycles. The Kier molecular flexibility index (Phi) is 5.38. The number of nitrogens with two attached hydrogens (primary N) is 1. The first kappa shape index (κ1) is 18.4. The smallest absolute Gasteiger partial charge is 0.323 e. The van der Waals surface area contributed by atoms with Gasteiger partial charge in [-0.05, 0) is 61.0 Å². The molecule has 1 unspecified atom stereocenters. The van der Waals surface area contributed by atoms with E-state index in [-0.39, 0.29) is 6.42 Å². The molecule has 6 heteroatoms. The van der Waals surface area contributed by atoms with Gasteiger partial charge in [-0.1, -0.05) is 18.2 Å². The number of aliphatic carboxylic acids is 1. The van der Waals surface area contributed by atoms with E-state index >= 15 is 0 Å². The lowest BCUT2D eigenvalue weighted by Crippen LogP contribution is -2.46. The van der Waals surface area contributed by atoms with Crippen molar-refractivity contribution in [2.24, 2.45) is 5.73 Å². The zero-order valence-corrected chi connectivity index (χ0v) is 14.9. The van der Waals surface area contributed by atoms with Gasteiger partial charge in [-0.25, -0.2) is 4.98 Å². The highest BCUT2D eigenvalue weighted by atomic mass is 16.5. The lowest BCUT2D eigenvalue weighted by molar-refractivity contribution is -0.142. The maximum absolute atomic E-state index is 11.1. The molecule has 3 rings (SSSR count). The zero-order valence-electron chi connectivity index (χ0n) is 14.9. The van der Waals surface area contributed by atoms with Crippen LogP contribution in [-0.2, 0) is 11.2 Å². The highest BCUT2D eigenvalue weighted by molar-refractivity contribution is 5.78. The number of benzene rings is 2.